The molecule has 2 aromatic rings. The van der Waals surface area contributed by atoms with Crippen LogP contribution in [0.5, 0.6) is 5.75 Å². The predicted octanol–water partition coefficient (Wildman–Crippen LogP) is 0.992. The van der Waals surface area contributed by atoms with Gasteiger partial charge in [0.15, 0.2) is 5.96 Å². The van der Waals surface area contributed by atoms with Gasteiger partial charge in [-0.25, -0.2) is 0 Å². The second kappa shape index (κ2) is 4.78. The van der Waals surface area contributed by atoms with Gasteiger partial charge in [0.05, 0.1) is 7.11 Å². The van der Waals surface area contributed by atoms with E-state index < -0.39 is 0 Å². The number of aliphatic imine (C=N–C) groups is 1. The number of hydrogen-bond acceptors (Lipinski definition) is 2. The number of rotatable bonds is 4. The molecule has 0 unspecified atom stereocenters. The molecule has 5 nitrogen and oxygen atoms in total. The lowest BCUT2D eigenvalue weighted by atomic mass is 10.1. The Labute approximate surface area is 99.5 Å². The highest BCUT2D eigenvalue weighted by Crippen LogP contribution is 2.28. The molecule has 0 radical (unpaired) electrons. The first-order valence-corrected chi connectivity index (χ1v) is 5.40. The Hall–Kier alpha value is -2.17. The van der Waals surface area contributed by atoms with Crippen LogP contribution in [-0.4, -0.2) is 24.6 Å². The van der Waals surface area contributed by atoms with Crippen molar-refractivity contribution in [3.8, 4) is 5.75 Å². The zero-order valence-corrected chi connectivity index (χ0v) is 9.73. The van der Waals surface area contributed by atoms with Crippen molar-refractivity contribution >= 4 is 16.9 Å². The van der Waals surface area contributed by atoms with E-state index in [0.717, 1.165) is 28.6 Å². The van der Waals surface area contributed by atoms with E-state index in [9.17, 15) is 0 Å². The van der Waals surface area contributed by atoms with Crippen LogP contribution in [0.25, 0.3) is 10.9 Å². The van der Waals surface area contributed by atoms with Crippen LogP contribution in [-0.2, 0) is 6.42 Å². The van der Waals surface area contributed by atoms with Gasteiger partial charge in [0.1, 0.15) is 5.75 Å². The highest BCUT2D eigenvalue weighted by molar-refractivity contribution is 5.89. The lowest BCUT2D eigenvalue weighted by Gasteiger charge is -2.03. The third kappa shape index (κ3) is 2.33. The molecule has 0 atom stereocenters. The predicted molar refractivity (Wildman–Crippen MR) is 69.2 cm³/mol. The van der Waals surface area contributed by atoms with Crippen LogP contribution >= 0.6 is 0 Å². The number of hydrogen-bond donors (Lipinski definition) is 3. The summed E-state index contributed by atoms with van der Waals surface area (Å²) in [4.78, 5) is 7.19. The molecule has 0 saturated heterocycles. The summed E-state index contributed by atoms with van der Waals surface area (Å²) in [5.74, 6) is 0.986. The first-order valence-electron chi connectivity index (χ1n) is 5.40. The van der Waals surface area contributed by atoms with Crippen LogP contribution in [0.4, 0.5) is 0 Å². The summed E-state index contributed by atoms with van der Waals surface area (Å²) in [6, 6.07) is 5.92. The molecule has 90 valence electrons. The molecule has 2 rings (SSSR count). The second-order valence-electron chi connectivity index (χ2n) is 3.75. The summed E-state index contributed by atoms with van der Waals surface area (Å²) in [5, 5.41) is 1.10. The lowest BCUT2D eigenvalue weighted by Crippen LogP contribution is -2.23. The summed E-state index contributed by atoms with van der Waals surface area (Å²) < 4.78 is 5.35. The normalized spacial score (nSPS) is 10.4. The zero-order valence-electron chi connectivity index (χ0n) is 9.73. The number of guanidine groups is 1. The fraction of sp³-hybridized carbons (Fsp3) is 0.250. The molecule has 0 saturated carbocycles. The molecule has 0 fully saturated rings. The minimum Gasteiger partial charge on any atom is -0.496 e. The van der Waals surface area contributed by atoms with Crippen molar-refractivity contribution in [2.45, 2.75) is 6.42 Å². The first-order chi connectivity index (χ1) is 8.22. The Morgan fingerprint density at radius 2 is 2.24 bits per heavy atom. The fourth-order valence-corrected chi connectivity index (χ4v) is 1.89. The van der Waals surface area contributed by atoms with Gasteiger partial charge >= 0.3 is 0 Å². The molecule has 0 bridgehead atoms. The Morgan fingerprint density at radius 3 is 2.94 bits per heavy atom. The SMILES string of the molecule is COc1cccc2[nH]cc(CCN=C(N)N)c12. The van der Waals surface area contributed by atoms with Crippen LogP contribution in [0.2, 0.25) is 0 Å². The number of H-pyrrole nitrogens is 1. The van der Waals surface area contributed by atoms with Crippen molar-refractivity contribution in [1.29, 1.82) is 0 Å². The van der Waals surface area contributed by atoms with E-state index in [2.05, 4.69) is 9.98 Å². The topological polar surface area (TPSA) is 89.4 Å². The van der Waals surface area contributed by atoms with E-state index in [0.29, 0.717) is 6.54 Å². The van der Waals surface area contributed by atoms with Gasteiger partial charge in [0.25, 0.3) is 0 Å². The molecule has 0 aliphatic heterocycles. The first kappa shape index (κ1) is 11.3. The Kier molecular flexibility index (Phi) is 3.18. The molecular formula is C12H16N4O. The van der Waals surface area contributed by atoms with E-state index in [4.69, 9.17) is 16.2 Å². The number of aromatic amines is 1. The summed E-state index contributed by atoms with van der Waals surface area (Å²) in [7, 11) is 1.67. The average Bonchev–Trinajstić information content (AvgIpc) is 2.72. The molecular weight excluding hydrogens is 216 g/mol. The smallest absolute Gasteiger partial charge is 0.185 e. The van der Waals surface area contributed by atoms with Gasteiger partial charge < -0.3 is 21.2 Å². The second-order valence-corrected chi connectivity index (χ2v) is 3.75. The fourth-order valence-electron chi connectivity index (χ4n) is 1.89. The number of nitrogens with two attached hydrogens (primary N) is 2. The van der Waals surface area contributed by atoms with Crippen LogP contribution in [0.3, 0.4) is 0 Å². The molecule has 0 amide bonds. The van der Waals surface area contributed by atoms with Crippen molar-refractivity contribution in [3.63, 3.8) is 0 Å². The van der Waals surface area contributed by atoms with Gasteiger partial charge in [-0.1, -0.05) is 6.07 Å². The minimum atomic E-state index is 0.122. The van der Waals surface area contributed by atoms with Gasteiger partial charge in [-0.15, -0.1) is 0 Å². The number of nitrogens with one attached hydrogen (secondary N) is 1. The van der Waals surface area contributed by atoms with Crippen molar-refractivity contribution in [1.82, 2.24) is 4.98 Å². The monoisotopic (exact) mass is 232 g/mol. The summed E-state index contributed by atoms with van der Waals surface area (Å²) in [5.41, 5.74) is 12.8. The summed E-state index contributed by atoms with van der Waals surface area (Å²) >= 11 is 0. The zero-order chi connectivity index (χ0) is 12.3. The largest absolute Gasteiger partial charge is 0.496 e. The average molecular weight is 232 g/mol. The molecule has 5 heteroatoms. The van der Waals surface area contributed by atoms with Crippen molar-refractivity contribution in [2.24, 2.45) is 16.5 Å². The maximum atomic E-state index is 5.35. The molecule has 0 aliphatic carbocycles. The van der Waals surface area contributed by atoms with Crippen molar-refractivity contribution in [3.05, 3.63) is 30.0 Å². The van der Waals surface area contributed by atoms with Crippen LogP contribution in [0.15, 0.2) is 29.4 Å². The molecule has 5 N–H and O–H groups in total. The highest BCUT2D eigenvalue weighted by atomic mass is 16.5. The molecule has 17 heavy (non-hydrogen) atoms. The van der Waals surface area contributed by atoms with Gasteiger partial charge in [-0.3, -0.25) is 4.99 Å². The van der Waals surface area contributed by atoms with Crippen LogP contribution in [0, 0.1) is 0 Å². The number of aromatic nitrogens is 1. The van der Waals surface area contributed by atoms with Gasteiger partial charge in [-0.05, 0) is 24.1 Å². The Morgan fingerprint density at radius 1 is 1.41 bits per heavy atom. The van der Waals surface area contributed by atoms with Gasteiger partial charge in [-0.2, -0.15) is 0 Å². The molecule has 0 spiro atoms. The van der Waals surface area contributed by atoms with E-state index in [-0.39, 0.29) is 5.96 Å². The third-order valence-electron chi connectivity index (χ3n) is 2.64. The number of benzene rings is 1. The van der Waals surface area contributed by atoms with Crippen LogP contribution < -0.4 is 16.2 Å². The number of methoxy groups -OCH3 is 1. The van der Waals surface area contributed by atoms with E-state index in [1.54, 1.807) is 7.11 Å². The van der Waals surface area contributed by atoms with E-state index in [1.165, 1.54) is 0 Å². The number of nitrogens with zero attached hydrogens (tertiary/aromatic N) is 1. The van der Waals surface area contributed by atoms with E-state index in [1.807, 2.05) is 24.4 Å². The number of ether oxygens (including phenoxy) is 1. The van der Waals surface area contributed by atoms with Crippen LogP contribution in [0.1, 0.15) is 5.56 Å². The Balaban J connectivity index is 2.31. The van der Waals surface area contributed by atoms with Gasteiger partial charge in [0, 0.05) is 23.6 Å². The highest BCUT2D eigenvalue weighted by Gasteiger charge is 2.08. The maximum Gasteiger partial charge on any atom is 0.185 e. The van der Waals surface area contributed by atoms with Crippen molar-refractivity contribution in [2.75, 3.05) is 13.7 Å². The Bertz CT molecular complexity index is 540. The maximum absolute atomic E-state index is 5.35. The quantitative estimate of drug-likeness (QED) is 0.542. The van der Waals surface area contributed by atoms with E-state index >= 15 is 0 Å². The molecule has 1 aromatic heterocycles. The lowest BCUT2D eigenvalue weighted by molar-refractivity contribution is 0.419. The summed E-state index contributed by atoms with van der Waals surface area (Å²) in [6.07, 6.45) is 2.74. The molecule has 1 aromatic carbocycles. The third-order valence-corrected chi connectivity index (χ3v) is 2.64. The summed E-state index contributed by atoms with van der Waals surface area (Å²) in [6.45, 7) is 0.577. The standard InChI is InChI=1S/C12H16N4O/c1-17-10-4-2-3-9-11(10)8(7-16-9)5-6-15-12(13)14/h2-4,7,16H,5-6H2,1H3,(H4,13,14,15). The molecule has 0 aliphatic rings. The molecule has 1 heterocycles. The van der Waals surface area contributed by atoms with Gasteiger partial charge in [0.2, 0.25) is 0 Å². The van der Waals surface area contributed by atoms with Crippen molar-refractivity contribution < 1.29 is 4.74 Å². The number of fused-ring (bicyclic) bond motifs is 1. The minimum absolute atomic E-state index is 0.122.